The van der Waals surface area contributed by atoms with Gasteiger partial charge < -0.3 is 0 Å². The highest BCUT2D eigenvalue weighted by Crippen LogP contribution is 2.62. The number of aromatic nitrogens is 3. The Bertz CT molecular complexity index is 870. The maximum atomic E-state index is 13.0. The fraction of sp³-hybridized carbons (Fsp3) is 0.500. The summed E-state index contributed by atoms with van der Waals surface area (Å²) in [7, 11) is 0. The smallest absolute Gasteiger partial charge is 0.263 e. The molecule has 0 atom stereocenters. The van der Waals surface area contributed by atoms with Gasteiger partial charge in [0.2, 0.25) is 0 Å². The molecule has 0 saturated heterocycles. The van der Waals surface area contributed by atoms with Crippen LogP contribution in [0.2, 0.25) is 0 Å². The molecule has 6 heteroatoms. The second-order valence-corrected chi connectivity index (χ2v) is 7.27. The number of pyridine rings is 1. The summed E-state index contributed by atoms with van der Waals surface area (Å²) in [5, 5.41) is 1.47. The molecule has 0 spiro atoms. The summed E-state index contributed by atoms with van der Waals surface area (Å²) in [6, 6.07) is 0. The molecule has 5 rings (SSSR count). The molecule has 2 bridgehead atoms. The van der Waals surface area contributed by atoms with Gasteiger partial charge in [0.25, 0.3) is 5.56 Å². The lowest BCUT2D eigenvalue weighted by molar-refractivity contribution is -0.0885. The van der Waals surface area contributed by atoms with E-state index in [0.29, 0.717) is 16.4 Å². The molecule has 2 aromatic heterocycles. The fourth-order valence-corrected chi connectivity index (χ4v) is 4.29. The van der Waals surface area contributed by atoms with Crippen molar-refractivity contribution in [2.75, 3.05) is 6.26 Å². The first-order chi connectivity index (χ1) is 10.5. The van der Waals surface area contributed by atoms with E-state index in [9.17, 15) is 9.59 Å². The lowest BCUT2D eigenvalue weighted by atomic mass is 9.49. The Morgan fingerprint density at radius 1 is 1.41 bits per heavy atom. The summed E-state index contributed by atoms with van der Waals surface area (Å²) < 4.78 is 1.80. The van der Waals surface area contributed by atoms with Gasteiger partial charge in [-0.05, 0) is 50.8 Å². The van der Waals surface area contributed by atoms with Gasteiger partial charge >= 0.3 is 0 Å². The molecular weight excluding hydrogens is 298 g/mol. The first-order valence-electron chi connectivity index (χ1n) is 7.44. The second-order valence-electron chi connectivity index (χ2n) is 6.49. The van der Waals surface area contributed by atoms with Gasteiger partial charge in [-0.2, -0.15) is 0 Å². The van der Waals surface area contributed by atoms with Crippen molar-refractivity contribution >= 4 is 28.6 Å². The van der Waals surface area contributed by atoms with Crippen LogP contribution in [-0.4, -0.2) is 26.6 Å². The minimum Gasteiger partial charge on any atom is -0.294 e. The molecule has 3 saturated carbocycles. The van der Waals surface area contributed by atoms with Crippen LogP contribution in [-0.2, 0) is 5.54 Å². The first kappa shape index (κ1) is 13.9. The van der Waals surface area contributed by atoms with Crippen molar-refractivity contribution in [3.63, 3.8) is 0 Å². The highest BCUT2D eigenvalue weighted by atomic mass is 32.2. The Morgan fingerprint density at radius 2 is 2.09 bits per heavy atom. The molecule has 0 aromatic carbocycles. The highest BCUT2D eigenvalue weighted by Gasteiger charge is 2.59. The standard InChI is InChI=1S/C16H17N3O2S/c1-8-11-7-17-15(22-3)18-13(11)19(14(21)12(8)9(2)20)16-4-10(5-16)6-16/h7,10H,4-6H2,1-3H3. The molecule has 0 N–H and O–H groups in total. The number of carbonyl (C=O) groups is 1. The zero-order valence-corrected chi connectivity index (χ0v) is 13.7. The third kappa shape index (κ3) is 1.61. The van der Waals surface area contributed by atoms with Crippen LogP contribution >= 0.6 is 11.8 Å². The average molecular weight is 315 g/mol. The predicted octanol–water partition coefficient (Wildman–Crippen LogP) is 2.53. The summed E-state index contributed by atoms with van der Waals surface area (Å²) in [6.07, 6.45) is 6.75. The molecule has 114 valence electrons. The SMILES string of the molecule is CSc1ncc2c(C)c(C(C)=O)c(=O)n(C34CC(C3)C4)c2n1. The number of carbonyl (C=O) groups excluding carboxylic acids is 1. The average Bonchev–Trinajstić information content (AvgIpc) is 2.38. The number of rotatable bonds is 3. The van der Waals surface area contributed by atoms with Crippen LogP contribution in [0.15, 0.2) is 16.1 Å². The Labute approximate surface area is 132 Å². The monoisotopic (exact) mass is 315 g/mol. The van der Waals surface area contributed by atoms with Gasteiger partial charge in [-0.25, -0.2) is 9.97 Å². The van der Waals surface area contributed by atoms with E-state index in [0.717, 1.165) is 30.6 Å². The van der Waals surface area contributed by atoms with E-state index in [1.54, 1.807) is 10.8 Å². The number of hydrogen-bond acceptors (Lipinski definition) is 5. The molecule has 0 amide bonds. The third-order valence-corrected chi connectivity index (χ3v) is 5.73. The second kappa shape index (κ2) is 4.41. The number of ketones is 1. The number of Topliss-reactive ketones (excluding diaryl/α,β-unsaturated/α-hetero) is 1. The third-order valence-electron chi connectivity index (χ3n) is 5.17. The molecule has 0 radical (unpaired) electrons. The predicted molar refractivity (Wildman–Crippen MR) is 85.6 cm³/mol. The molecule has 0 aliphatic heterocycles. The maximum Gasteiger partial charge on any atom is 0.263 e. The van der Waals surface area contributed by atoms with Crippen LogP contribution in [0.3, 0.4) is 0 Å². The number of thioether (sulfide) groups is 1. The van der Waals surface area contributed by atoms with E-state index in [-0.39, 0.29) is 22.4 Å². The zero-order valence-electron chi connectivity index (χ0n) is 12.8. The quantitative estimate of drug-likeness (QED) is 0.495. The number of fused-ring (bicyclic) bond motifs is 1. The highest BCUT2D eigenvalue weighted by molar-refractivity contribution is 7.98. The van der Waals surface area contributed by atoms with Crippen molar-refractivity contribution < 1.29 is 4.79 Å². The van der Waals surface area contributed by atoms with Crippen LogP contribution < -0.4 is 5.56 Å². The van der Waals surface area contributed by atoms with E-state index in [2.05, 4.69) is 9.97 Å². The van der Waals surface area contributed by atoms with Gasteiger partial charge in [0.05, 0.1) is 11.1 Å². The molecule has 2 aromatic rings. The van der Waals surface area contributed by atoms with Crippen LogP contribution in [0.5, 0.6) is 0 Å². The van der Waals surface area contributed by atoms with Gasteiger partial charge in [-0.1, -0.05) is 11.8 Å². The Kier molecular flexibility index (Phi) is 2.79. The van der Waals surface area contributed by atoms with E-state index in [1.807, 2.05) is 13.2 Å². The molecule has 3 aliphatic carbocycles. The maximum absolute atomic E-state index is 13.0. The van der Waals surface area contributed by atoms with Crippen molar-refractivity contribution in [1.82, 2.24) is 14.5 Å². The molecule has 2 heterocycles. The molecular formula is C16H17N3O2S. The zero-order chi connectivity index (χ0) is 15.6. The normalized spacial score (nSPS) is 25.7. The summed E-state index contributed by atoms with van der Waals surface area (Å²) >= 11 is 1.46. The van der Waals surface area contributed by atoms with Gasteiger partial charge in [-0.15, -0.1) is 0 Å². The molecule has 3 aliphatic rings. The van der Waals surface area contributed by atoms with Crippen molar-refractivity contribution in [3.8, 4) is 0 Å². The number of hydrogen-bond donors (Lipinski definition) is 0. The summed E-state index contributed by atoms with van der Waals surface area (Å²) in [5.74, 6) is 0.560. The van der Waals surface area contributed by atoms with Gasteiger partial charge in [0, 0.05) is 11.6 Å². The summed E-state index contributed by atoms with van der Waals surface area (Å²) in [4.78, 5) is 33.9. The Balaban J connectivity index is 2.13. The van der Waals surface area contributed by atoms with Gasteiger partial charge in [0.15, 0.2) is 10.9 Å². The molecule has 3 fully saturated rings. The molecule has 22 heavy (non-hydrogen) atoms. The van der Waals surface area contributed by atoms with E-state index in [1.165, 1.54) is 18.7 Å². The van der Waals surface area contributed by atoms with Crippen LogP contribution in [0, 0.1) is 12.8 Å². The lowest BCUT2D eigenvalue weighted by Crippen LogP contribution is -2.62. The van der Waals surface area contributed by atoms with Crippen molar-refractivity contribution in [1.29, 1.82) is 0 Å². The topological polar surface area (TPSA) is 64.8 Å². The van der Waals surface area contributed by atoms with Crippen molar-refractivity contribution in [3.05, 3.63) is 27.7 Å². The number of aryl methyl sites for hydroxylation is 1. The minimum atomic E-state index is -0.182. The Hall–Kier alpha value is -1.69. The largest absolute Gasteiger partial charge is 0.294 e. The van der Waals surface area contributed by atoms with Crippen LogP contribution in [0.25, 0.3) is 11.0 Å². The van der Waals surface area contributed by atoms with E-state index >= 15 is 0 Å². The number of nitrogens with zero attached hydrogens (tertiary/aromatic N) is 3. The van der Waals surface area contributed by atoms with Gasteiger partial charge in [-0.3, -0.25) is 14.2 Å². The van der Waals surface area contributed by atoms with Gasteiger partial charge in [0.1, 0.15) is 5.65 Å². The minimum absolute atomic E-state index is 0.109. The van der Waals surface area contributed by atoms with Crippen molar-refractivity contribution in [2.24, 2.45) is 5.92 Å². The van der Waals surface area contributed by atoms with Crippen molar-refractivity contribution in [2.45, 2.75) is 43.8 Å². The lowest BCUT2D eigenvalue weighted by Gasteiger charge is -2.62. The molecule has 5 nitrogen and oxygen atoms in total. The summed E-state index contributed by atoms with van der Waals surface area (Å²) in [5.41, 5.74) is 1.38. The van der Waals surface area contributed by atoms with E-state index < -0.39 is 0 Å². The van der Waals surface area contributed by atoms with Crippen LogP contribution in [0.1, 0.15) is 42.1 Å². The Morgan fingerprint density at radius 3 is 2.59 bits per heavy atom. The summed E-state index contributed by atoms with van der Waals surface area (Å²) in [6.45, 7) is 3.27. The van der Waals surface area contributed by atoms with E-state index in [4.69, 9.17) is 0 Å². The molecule has 0 unspecified atom stereocenters. The van der Waals surface area contributed by atoms with Crippen LogP contribution in [0.4, 0.5) is 0 Å². The fourth-order valence-electron chi connectivity index (χ4n) is 3.95. The first-order valence-corrected chi connectivity index (χ1v) is 8.67.